The lowest BCUT2D eigenvalue weighted by molar-refractivity contribution is 0.778. The molecule has 0 aliphatic carbocycles. The Balaban J connectivity index is 2.48. The topological polar surface area (TPSA) is 0 Å². The monoisotopic (exact) mass is 264 g/mol. The van der Waals surface area contributed by atoms with Gasteiger partial charge >= 0.3 is 0 Å². The van der Waals surface area contributed by atoms with Crippen molar-refractivity contribution in [1.29, 1.82) is 0 Å². The van der Waals surface area contributed by atoms with Crippen LogP contribution in [-0.2, 0) is 0 Å². The second-order valence-corrected chi connectivity index (χ2v) is 4.82. The average Bonchev–Trinajstić information content (AvgIpc) is 2.34. The van der Waals surface area contributed by atoms with Crippen LogP contribution in [0.3, 0.4) is 0 Å². The maximum atomic E-state index is 6.26. The summed E-state index contributed by atoms with van der Waals surface area (Å²) in [6.07, 6.45) is 0.980. The molecule has 0 aromatic heterocycles. The molecule has 0 saturated heterocycles. The highest BCUT2D eigenvalue weighted by Gasteiger charge is 2.16. The van der Waals surface area contributed by atoms with Crippen molar-refractivity contribution in [2.24, 2.45) is 0 Å². The summed E-state index contributed by atoms with van der Waals surface area (Å²) in [5.74, 6) is 0.261. The lowest BCUT2D eigenvalue weighted by atomic mass is 9.89. The van der Waals surface area contributed by atoms with E-state index in [1.807, 2.05) is 36.4 Å². The van der Waals surface area contributed by atoms with E-state index in [0.29, 0.717) is 0 Å². The minimum absolute atomic E-state index is 0.261. The number of rotatable bonds is 3. The number of hydrogen-bond donors (Lipinski definition) is 0. The van der Waals surface area contributed by atoms with Gasteiger partial charge in [-0.2, -0.15) is 0 Å². The summed E-state index contributed by atoms with van der Waals surface area (Å²) in [4.78, 5) is 0. The zero-order valence-electron chi connectivity index (χ0n) is 9.66. The van der Waals surface area contributed by atoms with Gasteiger partial charge in [-0.25, -0.2) is 0 Å². The molecule has 2 heteroatoms. The minimum atomic E-state index is 0.261. The molecule has 17 heavy (non-hydrogen) atoms. The van der Waals surface area contributed by atoms with E-state index in [9.17, 15) is 0 Å². The van der Waals surface area contributed by atoms with E-state index in [4.69, 9.17) is 23.2 Å². The van der Waals surface area contributed by atoms with Crippen molar-refractivity contribution in [1.82, 2.24) is 0 Å². The van der Waals surface area contributed by atoms with Crippen LogP contribution in [0.25, 0.3) is 0 Å². The summed E-state index contributed by atoms with van der Waals surface area (Å²) in [5, 5.41) is 1.61. The van der Waals surface area contributed by atoms with Gasteiger partial charge in [0.05, 0.1) is 0 Å². The second-order valence-electron chi connectivity index (χ2n) is 4.00. The van der Waals surface area contributed by atoms with Gasteiger partial charge in [0.15, 0.2) is 0 Å². The first kappa shape index (κ1) is 12.5. The van der Waals surface area contributed by atoms with Crippen molar-refractivity contribution in [3.8, 4) is 0 Å². The lowest BCUT2D eigenvalue weighted by Gasteiger charge is -2.18. The van der Waals surface area contributed by atoms with Crippen molar-refractivity contribution in [3.05, 3.63) is 69.7 Å². The highest BCUT2D eigenvalue weighted by atomic mass is 35.5. The molecule has 0 radical (unpaired) electrons. The van der Waals surface area contributed by atoms with E-state index in [1.54, 1.807) is 0 Å². The highest BCUT2D eigenvalue weighted by molar-refractivity contribution is 6.32. The highest BCUT2D eigenvalue weighted by Crippen LogP contribution is 2.35. The van der Waals surface area contributed by atoms with Crippen molar-refractivity contribution in [2.45, 2.75) is 19.3 Å². The fourth-order valence-electron chi connectivity index (χ4n) is 2.12. The van der Waals surface area contributed by atoms with E-state index >= 15 is 0 Å². The molecular formula is C15H14Cl2. The van der Waals surface area contributed by atoms with Gasteiger partial charge < -0.3 is 0 Å². The van der Waals surface area contributed by atoms with Gasteiger partial charge in [-0.3, -0.25) is 0 Å². The molecule has 0 N–H and O–H groups in total. The number of halogens is 2. The first-order valence-corrected chi connectivity index (χ1v) is 6.48. The summed E-state index contributed by atoms with van der Waals surface area (Å²) in [7, 11) is 0. The largest absolute Gasteiger partial charge is 0.0840 e. The van der Waals surface area contributed by atoms with Gasteiger partial charge in [-0.05, 0) is 29.7 Å². The lowest BCUT2D eigenvalue weighted by Crippen LogP contribution is -2.01. The molecule has 88 valence electrons. The zero-order valence-corrected chi connectivity index (χ0v) is 11.2. The normalized spacial score (nSPS) is 10.8. The molecule has 0 heterocycles. The van der Waals surface area contributed by atoms with Crippen LogP contribution in [0.1, 0.15) is 30.4 Å². The first-order chi connectivity index (χ1) is 8.24. The molecule has 2 aromatic rings. The van der Waals surface area contributed by atoms with Crippen LogP contribution < -0.4 is 0 Å². The summed E-state index contributed by atoms with van der Waals surface area (Å²) in [6, 6.07) is 15.9. The van der Waals surface area contributed by atoms with E-state index in [0.717, 1.165) is 27.6 Å². The molecule has 0 amide bonds. The Bertz CT molecular complexity index is 460. The standard InChI is InChI=1S/C15H14Cl2/c1-2-11(12-7-3-5-9-14(12)16)13-8-4-6-10-15(13)17/h3-11H,2H2,1H3. The predicted molar refractivity (Wildman–Crippen MR) is 75.0 cm³/mol. The Morgan fingerprint density at radius 2 is 1.24 bits per heavy atom. The van der Waals surface area contributed by atoms with Crippen molar-refractivity contribution < 1.29 is 0 Å². The third kappa shape index (κ3) is 2.65. The van der Waals surface area contributed by atoms with Crippen molar-refractivity contribution in [2.75, 3.05) is 0 Å². The van der Waals surface area contributed by atoms with Crippen LogP contribution >= 0.6 is 23.2 Å². The Hall–Kier alpha value is -0.980. The third-order valence-electron chi connectivity index (χ3n) is 2.97. The molecule has 2 aromatic carbocycles. The maximum Gasteiger partial charge on any atom is 0.0444 e. The molecule has 0 bridgehead atoms. The Labute approximate surface area is 112 Å². The molecule has 0 saturated carbocycles. The smallest absolute Gasteiger partial charge is 0.0444 e. The van der Waals surface area contributed by atoms with Gasteiger partial charge in [-0.15, -0.1) is 0 Å². The molecule has 0 aliphatic rings. The summed E-state index contributed by atoms with van der Waals surface area (Å²) in [5.41, 5.74) is 2.29. The fraction of sp³-hybridized carbons (Fsp3) is 0.200. The molecule has 0 fully saturated rings. The van der Waals surface area contributed by atoms with Crippen molar-refractivity contribution in [3.63, 3.8) is 0 Å². The molecule has 0 spiro atoms. The van der Waals surface area contributed by atoms with E-state index in [-0.39, 0.29) is 5.92 Å². The second kappa shape index (κ2) is 5.57. The van der Waals surface area contributed by atoms with Gasteiger partial charge in [0, 0.05) is 16.0 Å². The summed E-state index contributed by atoms with van der Waals surface area (Å²) >= 11 is 12.5. The number of benzene rings is 2. The maximum absolute atomic E-state index is 6.26. The molecule has 0 aliphatic heterocycles. The van der Waals surface area contributed by atoms with Crippen LogP contribution in [0.5, 0.6) is 0 Å². The van der Waals surface area contributed by atoms with Crippen LogP contribution in [0, 0.1) is 0 Å². The Morgan fingerprint density at radius 3 is 1.59 bits per heavy atom. The van der Waals surface area contributed by atoms with Crippen LogP contribution in [0.4, 0.5) is 0 Å². The fourth-order valence-corrected chi connectivity index (χ4v) is 2.66. The van der Waals surface area contributed by atoms with Crippen LogP contribution in [0.15, 0.2) is 48.5 Å². The van der Waals surface area contributed by atoms with Gasteiger partial charge in [0.1, 0.15) is 0 Å². The molecule has 0 atom stereocenters. The molecular weight excluding hydrogens is 251 g/mol. The number of hydrogen-bond acceptors (Lipinski definition) is 0. The molecule has 0 nitrogen and oxygen atoms in total. The minimum Gasteiger partial charge on any atom is -0.0840 e. The molecule has 0 unspecified atom stereocenters. The summed E-state index contributed by atoms with van der Waals surface area (Å²) < 4.78 is 0. The van der Waals surface area contributed by atoms with E-state index in [2.05, 4.69) is 19.1 Å². The average molecular weight is 265 g/mol. The predicted octanol–water partition coefficient (Wildman–Crippen LogP) is 5.54. The third-order valence-corrected chi connectivity index (χ3v) is 3.66. The van der Waals surface area contributed by atoms with E-state index < -0.39 is 0 Å². The van der Waals surface area contributed by atoms with E-state index in [1.165, 1.54) is 0 Å². The van der Waals surface area contributed by atoms with Crippen LogP contribution in [0.2, 0.25) is 10.0 Å². The Kier molecular flexibility index (Phi) is 4.09. The summed E-state index contributed by atoms with van der Waals surface area (Å²) in [6.45, 7) is 2.15. The van der Waals surface area contributed by atoms with Gasteiger partial charge in [-0.1, -0.05) is 66.5 Å². The van der Waals surface area contributed by atoms with Crippen LogP contribution in [-0.4, -0.2) is 0 Å². The zero-order chi connectivity index (χ0) is 12.3. The van der Waals surface area contributed by atoms with Crippen molar-refractivity contribution >= 4 is 23.2 Å². The van der Waals surface area contributed by atoms with Gasteiger partial charge in [0.2, 0.25) is 0 Å². The first-order valence-electron chi connectivity index (χ1n) is 5.73. The molecule has 2 rings (SSSR count). The SMILES string of the molecule is CCC(c1ccccc1Cl)c1ccccc1Cl. The Morgan fingerprint density at radius 1 is 0.824 bits per heavy atom. The van der Waals surface area contributed by atoms with Gasteiger partial charge in [0.25, 0.3) is 0 Å². The quantitative estimate of drug-likeness (QED) is 0.683.